The number of amides is 2. The molecule has 0 saturated heterocycles. The van der Waals surface area contributed by atoms with Crippen molar-refractivity contribution >= 4 is 19.2 Å². The number of carbonyl (C=O) groups is 2. The summed E-state index contributed by atoms with van der Waals surface area (Å²) in [6.07, 6.45) is 4.22. The van der Waals surface area contributed by atoms with Crippen LogP contribution in [0.3, 0.4) is 0 Å². The fraction of sp³-hybridized carbons (Fsp3) is 0.882. The Morgan fingerprint density at radius 3 is 2.38 bits per heavy atom. The van der Waals surface area contributed by atoms with E-state index in [9.17, 15) is 24.2 Å². The van der Waals surface area contributed by atoms with Gasteiger partial charge in [-0.3, -0.25) is 14.2 Å². The summed E-state index contributed by atoms with van der Waals surface area (Å²) in [6, 6.07) is -0.687. The van der Waals surface area contributed by atoms with E-state index in [4.69, 9.17) is 5.73 Å². The Morgan fingerprint density at radius 1 is 1.19 bits per heavy atom. The summed E-state index contributed by atoms with van der Waals surface area (Å²) in [5.74, 6) is -0.680. The molecule has 26 heavy (non-hydrogen) atoms. The molecule has 152 valence electrons. The summed E-state index contributed by atoms with van der Waals surface area (Å²) in [6.45, 7) is 3.24. The van der Waals surface area contributed by atoms with Gasteiger partial charge < -0.3 is 26.4 Å². The number of hydrogen-bond acceptors (Lipinski definition) is 5. The van der Waals surface area contributed by atoms with E-state index in [-0.39, 0.29) is 37.2 Å². The molecule has 1 aliphatic carbocycles. The molecule has 1 unspecified atom stereocenters. The van der Waals surface area contributed by atoms with E-state index in [1.165, 1.54) is 6.42 Å². The Labute approximate surface area is 155 Å². The number of carbonyl (C=O) groups excluding carboxylic acids is 2. The predicted octanol–water partition coefficient (Wildman–Crippen LogP) is 0.414. The topological polar surface area (TPSA) is 142 Å². The SMILES string of the molecule is CC(C)[C@H](N)C(=O)NCC(=O)NC[C@@H](O)CP(=O)(O)CC1CCCCC1. The van der Waals surface area contributed by atoms with E-state index in [1.807, 2.05) is 0 Å². The van der Waals surface area contributed by atoms with Gasteiger partial charge in [0.1, 0.15) is 0 Å². The van der Waals surface area contributed by atoms with Gasteiger partial charge in [0.25, 0.3) is 0 Å². The minimum Gasteiger partial charge on any atom is -0.391 e. The smallest absolute Gasteiger partial charge is 0.239 e. The summed E-state index contributed by atoms with van der Waals surface area (Å²) in [7, 11) is -3.42. The summed E-state index contributed by atoms with van der Waals surface area (Å²) >= 11 is 0. The van der Waals surface area contributed by atoms with Crippen molar-refractivity contribution in [2.24, 2.45) is 17.6 Å². The standard InChI is InChI=1S/C17H34N3O5P/c1-12(2)16(18)17(23)20-9-15(22)19-8-14(21)11-26(24,25)10-13-6-4-3-5-7-13/h12-14,16,21H,3-11,18H2,1-2H3,(H,19,22)(H,20,23)(H,24,25)/t14-,16+/m1/s1. The summed E-state index contributed by atoms with van der Waals surface area (Å²) < 4.78 is 12.3. The van der Waals surface area contributed by atoms with Crippen LogP contribution in [0.25, 0.3) is 0 Å². The molecular formula is C17H34N3O5P. The molecule has 0 aromatic rings. The number of aliphatic hydroxyl groups is 1. The zero-order valence-electron chi connectivity index (χ0n) is 15.8. The van der Waals surface area contributed by atoms with Gasteiger partial charge >= 0.3 is 0 Å². The van der Waals surface area contributed by atoms with Crippen molar-refractivity contribution in [3.8, 4) is 0 Å². The maximum Gasteiger partial charge on any atom is 0.239 e. The van der Waals surface area contributed by atoms with Crippen LogP contribution in [0.1, 0.15) is 46.0 Å². The molecule has 1 aliphatic rings. The van der Waals surface area contributed by atoms with Gasteiger partial charge in [0.05, 0.1) is 24.9 Å². The Balaban J connectivity index is 2.27. The average molecular weight is 391 g/mol. The molecule has 9 heteroatoms. The third kappa shape index (κ3) is 9.12. The van der Waals surface area contributed by atoms with Crippen LogP contribution in [-0.4, -0.2) is 59.4 Å². The lowest BCUT2D eigenvalue weighted by Gasteiger charge is -2.25. The third-order valence-electron chi connectivity index (χ3n) is 4.74. The molecule has 1 fully saturated rings. The summed E-state index contributed by atoms with van der Waals surface area (Å²) in [5, 5.41) is 14.8. The first-order valence-electron chi connectivity index (χ1n) is 9.39. The Hall–Kier alpha value is -0.950. The zero-order chi connectivity index (χ0) is 19.7. The van der Waals surface area contributed by atoms with E-state index >= 15 is 0 Å². The van der Waals surface area contributed by atoms with Crippen LogP contribution in [-0.2, 0) is 14.2 Å². The van der Waals surface area contributed by atoms with Gasteiger partial charge in [-0.05, 0) is 24.7 Å². The second-order valence-electron chi connectivity index (χ2n) is 7.66. The van der Waals surface area contributed by atoms with E-state index in [1.54, 1.807) is 13.8 Å². The van der Waals surface area contributed by atoms with Gasteiger partial charge in [0.15, 0.2) is 0 Å². The van der Waals surface area contributed by atoms with Gasteiger partial charge in [-0.1, -0.05) is 33.1 Å². The van der Waals surface area contributed by atoms with Gasteiger partial charge in [0, 0.05) is 12.7 Å². The molecule has 1 saturated carbocycles. The van der Waals surface area contributed by atoms with Crippen molar-refractivity contribution in [2.75, 3.05) is 25.4 Å². The molecule has 0 heterocycles. The molecule has 2 amide bonds. The van der Waals surface area contributed by atoms with Crippen LogP contribution < -0.4 is 16.4 Å². The predicted molar refractivity (Wildman–Crippen MR) is 101 cm³/mol. The Bertz CT molecular complexity index is 509. The molecule has 0 aliphatic heterocycles. The first kappa shape index (κ1) is 23.1. The van der Waals surface area contributed by atoms with Crippen LogP contribution in [0.4, 0.5) is 0 Å². The van der Waals surface area contributed by atoms with Crippen molar-refractivity contribution in [3.63, 3.8) is 0 Å². The lowest BCUT2D eigenvalue weighted by molar-refractivity contribution is -0.127. The summed E-state index contributed by atoms with van der Waals surface area (Å²) in [4.78, 5) is 33.5. The molecule has 6 N–H and O–H groups in total. The Morgan fingerprint density at radius 2 is 1.81 bits per heavy atom. The highest BCUT2D eigenvalue weighted by molar-refractivity contribution is 7.58. The third-order valence-corrected chi connectivity index (χ3v) is 6.82. The van der Waals surface area contributed by atoms with E-state index < -0.39 is 31.3 Å². The lowest BCUT2D eigenvalue weighted by atomic mass is 9.91. The fourth-order valence-corrected chi connectivity index (χ4v) is 5.23. The van der Waals surface area contributed by atoms with Gasteiger partial charge in [-0.15, -0.1) is 0 Å². The van der Waals surface area contributed by atoms with Crippen LogP contribution in [0.2, 0.25) is 0 Å². The van der Waals surface area contributed by atoms with Crippen LogP contribution >= 0.6 is 7.37 Å². The second kappa shape index (κ2) is 11.0. The molecule has 1 rings (SSSR count). The number of hydrogen-bond donors (Lipinski definition) is 5. The molecule has 3 atom stereocenters. The molecular weight excluding hydrogens is 357 g/mol. The number of rotatable bonds is 10. The minimum atomic E-state index is -3.42. The summed E-state index contributed by atoms with van der Waals surface area (Å²) in [5.41, 5.74) is 5.67. The molecule has 0 spiro atoms. The first-order chi connectivity index (χ1) is 12.1. The van der Waals surface area contributed by atoms with Crippen LogP contribution in [0, 0.1) is 11.8 Å². The average Bonchev–Trinajstić information content (AvgIpc) is 2.57. The molecule has 8 nitrogen and oxygen atoms in total. The van der Waals surface area contributed by atoms with Crippen molar-refractivity contribution < 1.29 is 24.2 Å². The monoisotopic (exact) mass is 391 g/mol. The number of nitrogens with two attached hydrogens (primary N) is 1. The molecule has 0 radical (unpaired) electrons. The number of nitrogens with one attached hydrogen (secondary N) is 2. The molecule has 0 aromatic carbocycles. The molecule has 0 aromatic heterocycles. The van der Waals surface area contributed by atoms with Crippen LogP contribution in [0.15, 0.2) is 0 Å². The zero-order valence-corrected chi connectivity index (χ0v) is 16.7. The van der Waals surface area contributed by atoms with Crippen molar-refractivity contribution in [2.45, 2.75) is 58.1 Å². The quantitative estimate of drug-likeness (QED) is 0.342. The van der Waals surface area contributed by atoms with Gasteiger partial charge in [-0.2, -0.15) is 0 Å². The second-order valence-corrected chi connectivity index (χ2v) is 10.1. The normalized spacial score (nSPS) is 20.2. The van der Waals surface area contributed by atoms with Crippen LogP contribution in [0.5, 0.6) is 0 Å². The van der Waals surface area contributed by atoms with Crippen molar-refractivity contribution in [1.29, 1.82) is 0 Å². The first-order valence-corrected chi connectivity index (χ1v) is 11.4. The largest absolute Gasteiger partial charge is 0.391 e. The van der Waals surface area contributed by atoms with E-state index in [2.05, 4.69) is 10.6 Å². The highest BCUT2D eigenvalue weighted by Gasteiger charge is 2.28. The van der Waals surface area contributed by atoms with E-state index in [0.29, 0.717) is 0 Å². The van der Waals surface area contributed by atoms with E-state index in [0.717, 1.165) is 25.7 Å². The highest BCUT2D eigenvalue weighted by Crippen LogP contribution is 2.45. The van der Waals surface area contributed by atoms with Crippen molar-refractivity contribution in [3.05, 3.63) is 0 Å². The van der Waals surface area contributed by atoms with Gasteiger partial charge in [0.2, 0.25) is 19.2 Å². The maximum absolute atomic E-state index is 12.3. The fourth-order valence-electron chi connectivity index (χ4n) is 3.12. The highest BCUT2D eigenvalue weighted by atomic mass is 31.2. The van der Waals surface area contributed by atoms with Gasteiger partial charge in [-0.25, -0.2) is 0 Å². The lowest BCUT2D eigenvalue weighted by Crippen LogP contribution is -2.48. The van der Waals surface area contributed by atoms with Crippen molar-refractivity contribution in [1.82, 2.24) is 10.6 Å². The number of aliphatic hydroxyl groups excluding tert-OH is 1. The Kier molecular flexibility index (Phi) is 9.79. The maximum atomic E-state index is 12.3. The molecule has 0 bridgehead atoms. The minimum absolute atomic E-state index is 0.0391.